The molecule has 3 aromatic carbocycles. The predicted octanol–water partition coefficient (Wildman–Crippen LogP) is 5.84. The molecule has 0 radical (unpaired) electrons. The Bertz CT molecular complexity index is 2130. The number of Topliss-reactive ketones (excluding diaryl/α,β-unsaturated/α-hetero) is 1. The molecular formula is C39H38F2N4O6. The first kappa shape index (κ1) is 34.1. The second kappa shape index (κ2) is 14.9. The van der Waals surface area contributed by atoms with E-state index in [2.05, 4.69) is 21.8 Å². The van der Waals surface area contributed by atoms with Crippen LogP contribution >= 0.6 is 0 Å². The van der Waals surface area contributed by atoms with Crippen LogP contribution in [0.3, 0.4) is 0 Å². The second-order valence-electron chi connectivity index (χ2n) is 12.8. The van der Waals surface area contributed by atoms with Gasteiger partial charge in [-0.3, -0.25) is 19.1 Å². The standard InChI is InChI=1S/C39H38F2N4O6/c1-43-14-16-44(17-15-43)13-3-18-49-36-23-31-29(22-35(36)48-2)33(10-12-42-31)51-34-9-4-25(20-30(34)41)21-32(46)37-38-26(11-19-50-38)24-45(39(37)47)28-7-5-27(40)6-8-28/h4-10,12,20,22-24H,3,11,13-19,21H2,1-2H3. The maximum absolute atomic E-state index is 15.5. The Hall–Kier alpha value is -5.33. The number of nitrogens with zero attached hydrogens (tertiary/aromatic N) is 4. The minimum Gasteiger partial charge on any atom is -0.493 e. The van der Waals surface area contributed by atoms with Crippen LogP contribution in [0, 0.1) is 11.6 Å². The third kappa shape index (κ3) is 7.42. The SMILES string of the molecule is COc1cc2c(Oc3ccc(CC(=O)c4c5c(cn(-c6ccc(F)cc6)c4=O)CCO5)cc3F)ccnc2cc1OCCCN1CCN(C)CC1. The minimum absolute atomic E-state index is 0.0514. The maximum atomic E-state index is 15.5. The Morgan fingerprint density at radius 2 is 1.75 bits per heavy atom. The van der Waals surface area contributed by atoms with Gasteiger partial charge < -0.3 is 28.7 Å². The first-order valence-electron chi connectivity index (χ1n) is 16.9. The molecule has 10 nitrogen and oxygen atoms in total. The number of piperazine rings is 1. The molecule has 0 unspecified atom stereocenters. The van der Waals surface area contributed by atoms with Gasteiger partial charge >= 0.3 is 0 Å². The van der Waals surface area contributed by atoms with E-state index in [0.29, 0.717) is 64.6 Å². The molecule has 4 heterocycles. The van der Waals surface area contributed by atoms with E-state index in [1.165, 1.54) is 41.0 Å². The van der Waals surface area contributed by atoms with E-state index >= 15 is 4.39 Å². The number of carbonyl (C=O) groups excluding carboxylic acids is 1. The van der Waals surface area contributed by atoms with Crippen molar-refractivity contribution in [2.24, 2.45) is 0 Å². The average Bonchev–Trinajstić information content (AvgIpc) is 3.60. The van der Waals surface area contributed by atoms with Crippen LogP contribution in [0.1, 0.15) is 27.9 Å². The third-order valence-electron chi connectivity index (χ3n) is 9.28. The summed E-state index contributed by atoms with van der Waals surface area (Å²) in [5.41, 5.74) is 1.34. The highest BCUT2D eigenvalue weighted by molar-refractivity contribution is 6.00. The second-order valence-corrected chi connectivity index (χ2v) is 12.8. The molecule has 264 valence electrons. The van der Waals surface area contributed by atoms with E-state index in [1.54, 1.807) is 43.8 Å². The van der Waals surface area contributed by atoms with Crippen LogP contribution in [0.2, 0.25) is 0 Å². The summed E-state index contributed by atoms with van der Waals surface area (Å²) in [6.45, 7) is 6.04. The predicted molar refractivity (Wildman–Crippen MR) is 188 cm³/mol. The third-order valence-corrected chi connectivity index (χ3v) is 9.28. The first-order chi connectivity index (χ1) is 24.8. The number of aromatic nitrogens is 2. The Morgan fingerprint density at radius 3 is 2.51 bits per heavy atom. The molecule has 5 aromatic rings. The number of rotatable bonds is 12. The molecule has 0 saturated carbocycles. The number of methoxy groups -OCH3 is 1. The normalized spacial score (nSPS) is 14.7. The fraction of sp³-hybridized carbons (Fsp3) is 0.308. The molecule has 1 saturated heterocycles. The maximum Gasteiger partial charge on any atom is 0.269 e. The van der Waals surface area contributed by atoms with Gasteiger partial charge in [-0.25, -0.2) is 8.78 Å². The van der Waals surface area contributed by atoms with Gasteiger partial charge in [-0.2, -0.15) is 0 Å². The highest BCUT2D eigenvalue weighted by atomic mass is 19.1. The molecule has 2 aliphatic heterocycles. The van der Waals surface area contributed by atoms with Crippen molar-refractivity contribution in [2.45, 2.75) is 19.3 Å². The molecular weight excluding hydrogens is 658 g/mol. The molecule has 0 aliphatic carbocycles. The zero-order valence-electron chi connectivity index (χ0n) is 28.5. The van der Waals surface area contributed by atoms with Gasteiger partial charge in [-0.05, 0) is 67.6 Å². The van der Waals surface area contributed by atoms with Gasteiger partial charge in [0.1, 0.15) is 22.9 Å². The van der Waals surface area contributed by atoms with Gasteiger partial charge in [-0.15, -0.1) is 0 Å². The Labute approximate surface area is 293 Å². The Morgan fingerprint density at radius 1 is 0.941 bits per heavy atom. The quantitative estimate of drug-likeness (QED) is 0.118. The fourth-order valence-corrected chi connectivity index (χ4v) is 6.46. The number of carbonyl (C=O) groups is 1. The Balaban J connectivity index is 1.06. The first-order valence-corrected chi connectivity index (χ1v) is 16.9. The Kier molecular flexibility index (Phi) is 9.96. The molecule has 0 amide bonds. The highest BCUT2D eigenvalue weighted by Gasteiger charge is 2.27. The van der Waals surface area contributed by atoms with Crippen LogP contribution in [0.15, 0.2) is 77.9 Å². The van der Waals surface area contributed by atoms with Crippen LogP contribution in [-0.2, 0) is 12.8 Å². The van der Waals surface area contributed by atoms with Crippen molar-refractivity contribution in [3.05, 3.63) is 112 Å². The summed E-state index contributed by atoms with van der Waals surface area (Å²) in [6, 6.07) is 14.8. The lowest BCUT2D eigenvalue weighted by atomic mass is 10.0. The van der Waals surface area contributed by atoms with Crippen molar-refractivity contribution in [2.75, 3.05) is 60.1 Å². The lowest BCUT2D eigenvalue weighted by molar-refractivity contribution is 0.0988. The molecule has 0 atom stereocenters. The van der Waals surface area contributed by atoms with Gasteiger partial charge in [0.25, 0.3) is 5.56 Å². The summed E-state index contributed by atoms with van der Waals surface area (Å²) in [5, 5.41) is 0.605. The smallest absolute Gasteiger partial charge is 0.269 e. The number of hydrogen-bond acceptors (Lipinski definition) is 9. The lowest BCUT2D eigenvalue weighted by Crippen LogP contribution is -2.44. The number of ether oxygens (including phenoxy) is 4. The largest absolute Gasteiger partial charge is 0.493 e. The van der Waals surface area contributed by atoms with Crippen LogP contribution in [0.5, 0.6) is 28.7 Å². The number of halogens is 2. The number of likely N-dealkylation sites (N-methyl/N-ethyl adjacent to an activating group) is 1. The number of ketones is 1. The summed E-state index contributed by atoms with van der Waals surface area (Å²) >= 11 is 0. The molecule has 2 aliphatic rings. The number of benzene rings is 3. The van der Waals surface area contributed by atoms with Crippen molar-refractivity contribution in [3.63, 3.8) is 0 Å². The fourth-order valence-electron chi connectivity index (χ4n) is 6.46. The summed E-state index contributed by atoms with van der Waals surface area (Å²) in [4.78, 5) is 36.3. The topological polar surface area (TPSA) is 95.4 Å². The van der Waals surface area contributed by atoms with E-state index in [4.69, 9.17) is 18.9 Å². The van der Waals surface area contributed by atoms with Crippen molar-refractivity contribution >= 4 is 16.7 Å². The van der Waals surface area contributed by atoms with Crippen LogP contribution in [0.25, 0.3) is 16.6 Å². The van der Waals surface area contributed by atoms with E-state index < -0.39 is 23.0 Å². The molecule has 7 rings (SSSR count). The highest BCUT2D eigenvalue weighted by Crippen LogP contribution is 2.38. The monoisotopic (exact) mass is 696 g/mol. The molecule has 12 heteroatoms. The number of pyridine rings is 2. The van der Waals surface area contributed by atoms with Gasteiger partial charge in [0, 0.05) is 80.7 Å². The van der Waals surface area contributed by atoms with Crippen LogP contribution < -0.4 is 24.5 Å². The molecule has 51 heavy (non-hydrogen) atoms. The van der Waals surface area contributed by atoms with Gasteiger partial charge in [-0.1, -0.05) is 6.07 Å². The summed E-state index contributed by atoms with van der Waals surface area (Å²) < 4.78 is 53.8. The molecule has 0 bridgehead atoms. The molecule has 1 fully saturated rings. The van der Waals surface area contributed by atoms with Gasteiger partial charge in [0.2, 0.25) is 0 Å². The zero-order valence-corrected chi connectivity index (χ0v) is 28.5. The number of hydrogen-bond donors (Lipinski definition) is 0. The summed E-state index contributed by atoms with van der Waals surface area (Å²) in [6.07, 6.45) is 4.33. The zero-order chi connectivity index (χ0) is 35.5. The number of fused-ring (bicyclic) bond motifs is 2. The minimum atomic E-state index is -0.684. The van der Waals surface area contributed by atoms with Crippen molar-refractivity contribution < 1.29 is 32.5 Å². The lowest BCUT2D eigenvalue weighted by Gasteiger charge is -2.32. The summed E-state index contributed by atoms with van der Waals surface area (Å²) in [5.74, 6) is -0.0339. The van der Waals surface area contributed by atoms with Crippen molar-refractivity contribution in [1.29, 1.82) is 0 Å². The van der Waals surface area contributed by atoms with Crippen LogP contribution in [-0.4, -0.2) is 85.2 Å². The van der Waals surface area contributed by atoms with E-state index in [-0.39, 0.29) is 23.5 Å². The summed E-state index contributed by atoms with van der Waals surface area (Å²) in [7, 11) is 3.70. The average molecular weight is 697 g/mol. The van der Waals surface area contributed by atoms with E-state index in [1.807, 2.05) is 0 Å². The molecule has 0 N–H and O–H groups in total. The van der Waals surface area contributed by atoms with Gasteiger partial charge in [0.15, 0.2) is 28.8 Å². The molecule has 0 spiro atoms. The van der Waals surface area contributed by atoms with E-state index in [0.717, 1.165) is 39.1 Å². The van der Waals surface area contributed by atoms with E-state index in [9.17, 15) is 14.0 Å². The van der Waals surface area contributed by atoms with Crippen LogP contribution in [0.4, 0.5) is 8.78 Å². The van der Waals surface area contributed by atoms with Crippen molar-refractivity contribution in [1.82, 2.24) is 19.4 Å². The van der Waals surface area contributed by atoms with Gasteiger partial charge in [0.05, 0.1) is 25.8 Å². The molecule has 2 aromatic heterocycles. The van der Waals surface area contributed by atoms with Crippen molar-refractivity contribution in [3.8, 4) is 34.4 Å².